The number of benzene rings is 1. The van der Waals surface area contributed by atoms with Crippen molar-refractivity contribution in [1.29, 1.82) is 0 Å². The molecule has 138 valence electrons. The summed E-state index contributed by atoms with van der Waals surface area (Å²) in [6, 6.07) is 6.90. The van der Waals surface area contributed by atoms with Crippen molar-refractivity contribution in [3.63, 3.8) is 0 Å². The van der Waals surface area contributed by atoms with Gasteiger partial charge in [-0.2, -0.15) is 13.2 Å². The SMILES string of the molecule is Cc1nc(C(F)(F)F)ccc1C(=O)N[C@@H](C)c1ccc2c(c1)OCCO2. The summed E-state index contributed by atoms with van der Waals surface area (Å²) in [5.74, 6) is 0.745. The third-order valence-corrected chi connectivity index (χ3v) is 4.03. The summed E-state index contributed by atoms with van der Waals surface area (Å²) in [4.78, 5) is 15.9. The summed E-state index contributed by atoms with van der Waals surface area (Å²) >= 11 is 0. The van der Waals surface area contributed by atoms with Crippen LogP contribution in [0, 0.1) is 6.92 Å². The van der Waals surface area contributed by atoms with Gasteiger partial charge in [0, 0.05) is 0 Å². The van der Waals surface area contributed by atoms with Gasteiger partial charge in [-0.15, -0.1) is 0 Å². The molecule has 0 fully saturated rings. The first-order valence-corrected chi connectivity index (χ1v) is 8.01. The van der Waals surface area contributed by atoms with Crippen LogP contribution in [0.2, 0.25) is 0 Å². The Morgan fingerprint density at radius 1 is 1.15 bits per heavy atom. The molecule has 8 heteroatoms. The minimum absolute atomic E-state index is 0.0201. The van der Waals surface area contributed by atoms with Crippen LogP contribution in [0.5, 0.6) is 11.5 Å². The molecule has 1 aromatic heterocycles. The molecule has 0 saturated heterocycles. The molecular weight excluding hydrogens is 349 g/mol. The van der Waals surface area contributed by atoms with E-state index in [1.165, 1.54) is 6.92 Å². The fraction of sp³-hybridized carbons (Fsp3) is 0.333. The van der Waals surface area contributed by atoms with Gasteiger partial charge < -0.3 is 14.8 Å². The molecule has 3 rings (SSSR count). The first-order chi connectivity index (χ1) is 12.3. The predicted molar refractivity (Wildman–Crippen MR) is 87.3 cm³/mol. The van der Waals surface area contributed by atoms with E-state index in [4.69, 9.17) is 9.47 Å². The summed E-state index contributed by atoms with van der Waals surface area (Å²) in [6.45, 7) is 4.08. The van der Waals surface area contributed by atoms with Crippen LogP contribution in [-0.4, -0.2) is 24.1 Å². The van der Waals surface area contributed by atoms with Crippen LogP contribution in [0.25, 0.3) is 0 Å². The Morgan fingerprint density at radius 2 is 1.85 bits per heavy atom. The molecule has 1 amide bonds. The van der Waals surface area contributed by atoms with Gasteiger partial charge >= 0.3 is 6.18 Å². The molecule has 5 nitrogen and oxygen atoms in total. The lowest BCUT2D eigenvalue weighted by molar-refractivity contribution is -0.141. The van der Waals surface area contributed by atoms with Gasteiger partial charge in [-0.25, -0.2) is 4.98 Å². The fourth-order valence-corrected chi connectivity index (χ4v) is 2.65. The molecular formula is C18H17F3N2O3. The number of fused-ring (bicyclic) bond motifs is 1. The van der Waals surface area contributed by atoms with Crippen molar-refractivity contribution in [1.82, 2.24) is 10.3 Å². The van der Waals surface area contributed by atoms with Crippen LogP contribution >= 0.6 is 0 Å². The number of nitrogens with zero attached hydrogens (tertiary/aromatic N) is 1. The van der Waals surface area contributed by atoms with E-state index in [0.717, 1.165) is 17.7 Å². The number of carbonyl (C=O) groups excluding carboxylic acids is 1. The largest absolute Gasteiger partial charge is 0.486 e. The highest BCUT2D eigenvalue weighted by atomic mass is 19.4. The molecule has 0 saturated carbocycles. The summed E-state index contributed by atoms with van der Waals surface area (Å²) in [7, 11) is 0. The number of aryl methyl sites for hydroxylation is 1. The fourth-order valence-electron chi connectivity index (χ4n) is 2.65. The van der Waals surface area contributed by atoms with Crippen molar-refractivity contribution in [2.75, 3.05) is 13.2 Å². The zero-order valence-electron chi connectivity index (χ0n) is 14.2. The van der Waals surface area contributed by atoms with Gasteiger partial charge in [-0.05, 0) is 43.7 Å². The quantitative estimate of drug-likeness (QED) is 0.900. The third-order valence-electron chi connectivity index (χ3n) is 4.03. The summed E-state index contributed by atoms with van der Waals surface area (Å²) in [5, 5.41) is 2.76. The number of pyridine rings is 1. The maximum absolute atomic E-state index is 12.7. The molecule has 1 aliphatic heterocycles. The third kappa shape index (κ3) is 3.74. The maximum Gasteiger partial charge on any atom is 0.433 e. The number of hydrogen-bond acceptors (Lipinski definition) is 4. The second-order valence-electron chi connectivity index (χ2n) is 5.93. The van der Waals surface area contributed by atoms with Gasteiger partial charge in [0.2, 0.25) is 0 Å². The Bertz CT molecular complexity index is 837. The Labute approximate surface area is 148 Å². The Balaban J connectivity index is 1.75. The van der Waals surface area contributed by atoms with E-state index in [-0.39, 0.29) is 17.3 Å². The zero-order valence-corrected chi connectivity index (χ0v) is 14.2. The van der Waals surface area contributed by atoms with E-state index < -0.39 is 17.8 Å². The maximum atomic E-state index is 12.7. The van der Waals surface area contributed by atoms with Gasteiger partial charge in [-0.3, -0.25) is 4.79 Å². The molecule has 2 aromatic rings. The number of alkyl halides is 3. The second-order valence-corrected chi connectivity index (χ2v) is 5.93. The molecule has 0 aliphatic carbocycles. The normalized spacial score (nSPS) is 14.7. The second kappa shape index (κ2) is 6.86. The average molecular weight is 366 g/mol. The molecule has 26 heavy (non-hydrogen) atoms. The monoisotopic (exact) mass is 366 g/mol. The van der Waals surface area contributed by atoms with E-state index in [1.54, 1.807) is 25.1 Å². The van der Waals surface area contributed by atoms with E-state index in [9.17, 15) is 18.0 Å². The highest BCUT2D eigenvalue weighted by Crippen LogP contribution is 2.33. The van der Waals surface area contributed by atoms with Crippen molar-refractivity contribution in [3.05, 3.63) is 52.8 Å². The van der Waals surface area contributed by atoms with Crippen LogP contribution in [0.15, 0.2) is 30.3 Å². The number of rotatable bonds is 3. The predicted octanol–water partition coefficient (Wildman–Crippen LogP) is 3.67. The van der Waals surface area contributed by atoms with Crippen LogP contribution in [0.1, 0.15) is 40.3 Å². The van der Waals surface area contributed by atoms with Gasteiger partial charge in [0.1, 0.15) is 18.9 Å². The average Bonchev–Trinajstić information content (AvgIpc) is 2.60. The summed E-state index contributed by atoms with van der Waals surface area (Å²) < 4.78 is 49.0. The van der Waals surface area contributed by atoms with Crippen molar-refractivity contribution >= 4 is 5.91 Å². The van der Waals surface area contributed by atoms with E-state index in [1.807, 2.05) is 0 Å². The standard InChI is InChI=1S/C18H17F3N2O3/c1-10(12-3-5-14-15(9-12)26-8-7-25-14)23-17(24)13-4-6-16(18(19,20)21)22-11(13)2/h3-6,9-10H,7-8H2,1-2H3,(H,23,24)/t10-/m0/s1. The molecule has 1 atom stereocenters. The molecule has 1 N–H and O–H groups in total. The number of aromatic nitrogens is 1. The Hall–Kier alpha value is -2.77. The summed E-state index contributed by atoms with van der Waals surface area (Å²) in [6.07, 6.45) is -4.54. The topological polar surface area (TPSA) is 60.5 Å². The zero-order chi connectivity index (χ0) is 18.9. The lowest BCUT2D eigenvalue weighted by Crippen LogP contribution is -2.28. The highest BCUT2D eigenvalue weighted by molar-refractivity contribution is 5.95. The lowest BCUT2D eigenvalue weighted by Gasteiger charge is -2.21. The van der Waals surface area contributed by atoms with Crippen LogP contribution in [-0.2, 0) is 6.18 Å². The number of hydrogen-bond donors (Lipinski definition) is 1. The molecule has 2 heterocycles. The van der Waals surface area contributed by atoms with Crippen molar-refractivity contribution in [2.45, 2.75) is 26.1 Å². The van der Waals surface area contributed by atoms with Crippen molar-refractivity contribution in [3.8, 4) is 11.5 Å². The number of carbonyl (C=O) groups is 1. The molecule has 0 radical (unpaired) electrons. The van der Waals surface area contributed by atoms with Crippen molar-refractivity contribution in [2.24, 2.45) is 0 Å². The lowest BCUT2D eigenvalue weighted by atomic mass is 10.1. The first-order valence-electron chi connectivity index (χ1n) is 8.01. The minimum Gasteiger partial charge on any atom is -0.486 e. The van der Waals surface area contributed by atoms with Gasteiger partial charge in [0.05, 0.1) is 17.3 Å². The molecule has 0 bridgehead atoms. The van der Waals surface area contributed by atoms with E-state index in [2.05, 4.69) is 10.3 Å². The Morgan fingerprint density at radius 3 is 2.50 bits per heavy atom. The smallest absolute Gasteiger partial charge is 0.433 e. The van der Waals surface area contributed by atoms with E-state index in [0.29, 0.717) is 24.7 Å². The van der Waals surface area contributed by atoms with Crippen LogP contribution < -0.4 is 14.8 Å². The number of amides is 1. The van der Waals surface area contributed by atoms with Crippen LogP contribution in [0.3, 0.4) is 0 Å². The number of nitrogens with one attached hydrogen (secondary N) is 1. The first kappa shape index (κ1) is 18.0. The van der Waals surface area contributed by atoms with E-state index >= 15 is 0 Å². The van der Waals surface area contributed by atoms with Gasteiger partial charge in [0.25, 0.3) is 5.91 Å². The van der Waals surface area contributed by atoms with Crippen LogP contribution in [0.4, 0.5) is 13.2 Å². The molecule has 1 aromatic carbocycles. The highest BCUT2D eigenvalue weighted by Gasteiger charge is 2.33. The van der Waals surface area contributed by atoms with Crippen molar-refractivity contribution < 1.29 is 27.4 Å². The minimum atomic E-state index is -4.54. The molecule has 0 spiro atoms. The van der Waals surface area contributed by atoms with Gasteiger partial charge in [0.15, 0.2) is 11.5 Å². The number of ether oxygens (including phenoxy) is 2. The van der Waals surface area contributed by atoms with Gasteiger partial charge in [-0.1, -0.05) is 6.07 Å². The summed E-state index contributed by atoms with van der Waals surface area (Å²) in [5.41, 5.74) is -0.111. The molecule has 0 unspecified atom stereocenters. The number of halogens is 3. The molecule has 1 aliphatic rings. The Kier molecular flexibility index (Phi) is 4.76.